The van der Waals surface area contributed by atoms with E-state index < -0.39 is 28.5 Å². The van der Waals surface area contributed by atoms with E-state index in [1.54, 1.807) is 12.1 Å². The molecule has 0 atom stereocenters. The molecule has 0 saturated heterocycles. The number of fused-ring (bicyclic) bond motifs is 1. The van der Waals surface area contributed by atoms with Gasteiger partial charge < -0.3 is 20.7 Å². The molecule has 1 heterocycles. The van der Waals surface area contributed by atoms with Crippen molar-refractivity contribution in [1.82, 2.24) is 4.98 Å². The van der Waals surface area contributed by atoms with Crippen molar-refractivity contribution >= 4 is 63.1 Å². The number of hydrogen-bond acceptors (Lipinski definition) is 4. The molecule has 0 fully saturated rings. The van der Waals surface area contributed by atoms with Crippen LogP contribution in [0, 0.1) is 0 Å². The first-order valence-electron chi connectivity index (χ1n) is 7.38. The summed E-state index contributed by atoms with van der Waals surface area (Å²) in [6.45, 7) is 0. The van der Waals surface area contributed by atoms with E-state index >= 15 is 0 Å². The fourth-order valence-electron chi connectivity index (χ4n) is 2.36. The summed E-state index contributed by atoms with van der Waals surface area (Å²) in [5.74, 6) is -0.556. The number of urea groups is 1. The van der Waals surface area contributed by atoms with Gasteiger partial charge in [-0.05, 0) is 24.3 Å². The maximum Gasteiger partial charge on any atom is 0.323 e. The molecule has 0 bridgehead atoms. The Bertz CT molecular complexity index is 1190. The van der Waals surface area contributed by atoms with Gasteiger partial charge in [-0.25, -0.2) is 4.79 Å². The molecule has 4 N–H and O–H groups in total. The number of H-pyrrole nitrogens is 1. The predicted molar refractivity (Wildman–Crippen MR) is 107 cm³/mol. The number of anilines is 2. The number of carbonyl (C=O) groups is 1. The molecule has 0 unspecified atom stereocenters. The summed E-state index contributed by atoms with van der Waals surface area (Å²) in [6.07, 6.45) is 0. The van der Waals surface area contributed by atoms with Crippen LogP contribution in [0.4, 0.5) is 16.2 Å². The molecule has 0 radical (unpaired) electrons. The Morgan fingerprint density at radius 3 is 2.48 bits per heavy atom. The zero-order valence-corrected chi connectivity index (χ0v) is 15.5. The Hall–Kier alpha value is -2.74. The van der Waals surface area contributed by atoms with Crippen LogP contribution < -0.4 is 21.6 Å². The van der Waals surface area contributed by atoms with Crippen LogP contribution in [0.15, 0.2) is 46.0 Å². The highest BCUT2D eigenvalue weighted by atomic mass is 35.5. The van der Waals surface area contributed by atoms with E-state index in [1.807, 2.05) is 0 Å². The predicted octanol–water partition coefficient (Wildman–Crippen LogP) is 4.20. The molecule has 1 aromatic heterocycles. The Morgan fingerprint density at radius 1 is 1.04 bits per heavy atom. The van der Waals surface area contributed by atoms with E-state index in [-0.39, 0.29) is 31.7 Å². The maximum atomic E-state index is 12.3. The van der Waals surface area contributed by atoms with Crippen LogP contribution >= 0.6 is 34.8 Å². The second kappa shape index (κ2) is 7.48. The first kappa shape index (κ1) is 19.0. The van der Waals surface area contributed by atoms with E-state index in [4.69, 9.17) is 34.8 Å². The minimum absolute atomic E-state index is 0.0321. The normalized spacial score (nSPS) is 10.6. The van der Waals surface area contributed by atoms with E-state index in [9.17, 15) is 19.5 Å². The number of rotatable bonds is 2. The number of amides is 2. The fraction of sp³-hybridized carbons (Fsp3) is 0. The number of carbonyl (C=O) groups excluding carboxylic acids is 1. The summed E-state index contributed by atoms with van der Waals surface area (Å²) in [4.78, 5) is 38.9. The number of benzene rings is 2. The second-order valence-corrected chi connectivity index (χ2v) is 6.60. The molecule has 2 amide bonds. The van der Waals surface area contributed by atoms with Gasteiger partial charge in [-0.2, -0.15) is 0 Å². The van der Waals surface area contributed by atoms with E-state index in [0.717, 1.165) is 0 Å². The van der Waals surface area contributed by atoms with Crippen LogP contribution in [0.5, 0.6) is 5.75 Å². The van der Waals surface area contributed by atoms with Gasteiger partial charge in [-0.3, -0.25) is 9.59 Å². The maximum absolute atomic E-state index is 12.3. The minimum Gasteiger partial charge on any atom is -0.505 e. The van der Waals surface area contributed by atoms with Gasteiger partial charge in [-0.15, -0.1) is 0 Å². The van der Waals surface area contributed by atoms with Crippen molar-refractivity contribution in [2.75, 3.05) is 10.6 Å². The molecule has 2 aromatic carbocycles. The molecule has 3 rings (SSSR count). The van der Waals surface area contributed by atoms with Crippen molar-refractivity contribution in [1.29, 1.82) is 0 Å². The summed E-state index contributed by atoms with van der Waals surface area (Å²) in [5.41, 5.74) is -2.40. The number of para-hydroxylation sites is 1. The standard InChI is InChI=1S/C17H10Cl3N3O4/c18-7-5-9(19)12(20)11(6-7)22-17(27)23-13-14(24)8-3-1-2-4-10(8)21-16(26)15(13)25/h1-6H,(H4,21,22,23,24,25,26,27). The number of aromatic nitrogens is 1. The fourth-order valence-corrected chi connectivity index (χ4v) is 3.01. The molecule has 27 heavy (non-hydrogen) atoms. The van der Waals surface area contributed by atoms with Gasteiger partial charge in [0.15, 0.2) is 5.75 Å². The molecule has 0 spiro atoms. The topological polar surface area (TPSA) is 111 Å². The molecule has 0 aliphatic heterocycles. The summed E-state index contributed by atoms with van der Waals surface area (Å²) >= 11 is 17.8. The van der Waals surface area contributed by atoms with Crippen LogP contribution in [0.2, 0.25) is 15.1 Å². The molecule has 0 aliphatic rings. The zero-order valence-electron chi connectivity index (χ0n) is 13.3. The summed E-state index contributed by atoms with van der Waals surface area (Å²) in [5, 5.41) is 15.5. The molecular formula is C17H10Cl3N3O4. The van der Waals surface area contributed by atoms with Crippen LogP contribution in [0.1, 0.15) is 0 Å². The lowest BCUT2D eigenvalue weighted by Gasteiger charge is -2.10. The zero-order chi connectivity index (χ0) is 19.7. The average Bonchev–Trinajstić information content (AvgIpc) is 2.70. The monoisotopic (exact) mass is 425 g/mol. The molecule has 138 valence electrons. The second-order valence-electron chi connectivity index (χ2n) is 5.38. The van der Waals surface area contributed by atoms with Crippen molar-refractivity contribution in [3.8, 4) is 5.75 Å². The molecular weight excluding hydrogens is 417 g/mol. The lowest BCUT2D eigenvalue weighted by molar-refractivity contribution is 0.262. The Balaban J connectivity index is 2.04. The number of aromatic hydroxyl groups is 1. The summed E-state index contributed by atoms with van der Waals surface area (Å²) in [7, 11) is 0. The molecule has 0 aliphatic carbocycles. The van der Waals surface area contributed by atoms with E-state index in [1.165, 1.54) is 24.3 Å². The van der Waals surface area contributed by atoms with Crippen molar-refractivity contribution in [2.45, 2.75) is 0 Å². The van der Waals surface area contributed by atoms with Crippen molar-refractivity contribution < 1.29 is 9.90 Å². The highest BCUT2D eigenvalue weighted by molar-refractivity contribution is 6.45. The lowest BCUT2D eigenvalue weighted by atomic mass is 10.2. The average molecular weight is 427 g/mol. The van der Waals surface area contributed by atoms with E-state index in [2.05, 4.69) is 15.6 Å². The molecule has 0 saturated carbocycles. The highest BCUT2D eigenvalue weighted by Gasteiger charge is 2.16. The van der Waals surface area contributed by atoms with Gasteiger partial charge in [0.2, 0.25) is 0 Å². The van der Waals surface area contributed by atoms with Crippen molar-refractivity contribution in [3.05, 3.63) is 72.0 Å². The van der Waals surface area contributed by atoms with Crippen LogP contribution in [0.3, 0.4) is 0 Å². The minimum atomic E-state index is -1.12. The largest absolute Gasteiger partial charge is 0.505 e. The number of halogens is 3. The third-order valence-electron chi connectivity index (χ3n) is 3.58. The summed E-state index contributed by atoms with van der Waals surface area (Å²) in [6, 6.07) is 8.01. The van der Waals surface area contributed by atoms with Gasteiger partial charge in [0.25, 0.3) is 11.0 Å². The van der Waals surface area contributed by atoms with Gasteiger partial charge in [0, 0.05) is 10.4 Å². The Kier molecular flexibility index (Phi) is 5.27. The highest BCUT2D eigenvalue weighted by Crippen LogP contribution is 2.33. The third-order valence-corrected chi connectivity index (χ3v) is 4.60. The van der Waals surface area contributed by atoms with E-state index in [0.29, 0.717) is 0 Å². The Morgan fingerprint density at radius 2 is 1.74 bits per heavy atom. The number of nitrogens with one attached hydrogen (secondary N) is 3. The SMILES string of the molecule is O=C(Nc1cc(Cl)cc(Cl)c1Cl)Nc1c(O)c2ccccc2[nH]c(=O)c1=O. The third kappa shape index (κ3) is 3.85. The molecule has 10 heteroatoms. The molecule has 7 nitrogen and oxygen atoms in total. The molecule has 3 aromatic rings. The van der Waals surface area contributed by atoms with Crippen LogP contribution in [0.25, 0.3) is 10.9 Å². The van der Waals surface area contributed by atoms with Crippen LogP contribution in [-0.2, 0) is 0 Å². The number of aromatic amines is 1. The van der Waals surface area contributed by atoms with Gasteiger partial charge in [0.05, 0.1) is 21.2 Å². The van der Waals surface area contributed by atoms with Crippen molar-refractivity contribution in [3.63, 3.8) is 0 Å². The summed E-state index contributed by atoms with van der Waals surface area (Å²) < 4.78 is 0. The van der Waals surface area contributed by atoms with Gasteiger partial charge in [0.1, 0.15) is 5.69 Å². The van der Waals surface area contributed by atoms with Gasteiger partial charge >= 0.3 is 6.03 Å². The Labute approximate surface area is 166 Å². The first-order valence-corrected chi connectivity index (χ1v) is 8.52. The first-order chi connectivity index (χ1) is 12.8. The van der Waals surface area contributed by atoms with Crippen molar-refractivity contribution in [2.24, 2.45) is 0 Å². The van der Waals surface area contributed by atoms with Gasteiger partial charge in [-0.1, -0.05) is 46.9 Å². The number of hydrogen-bond donors (Lipinski definition) is 4. The smallest absolute Gasteiger partial charge is 0.323 e. The quantitative estimate of drug-likeness (QED) is 0.363. The van der Waals surface area contributed by atoms with Crippen LogP contribution in [-0.4, -0.2) is 16.1 Å². The lowest BCUT2D eigenvalue weighted by Crippen LogP contribution is -2.30.